The van der Waals surface area contributed by atoms with E-state index in [9.17, 15) is 14.0 Å². The summed E-state index contributed by atoms with van der Waals surface area (Å²) in [6.07, 6.45) is 1.59. The van der Waals surface area contributed by atoms with Gasteiger partial charge in [-0.05, 0) is 48.2 Å². The van der Waals surface area contributed by atoms with E-state index >= 15 is 0 Å². The fraction of sp³-hybridized carbons (Fsp3) is 0.333. The van der Waals surface area contributed by atoms with Crippen molar-refractivity contribution in [1.82, 2.24) is 10.2 Å². The van der Waals surface area contributed by atoms with E-state index in [2.05, 4.69) is 5.32 Å². The van der Waals surface area contributed by atoms with Gasteiger partial charge in [0.15, 0.2) is 0 Å². The van der Waals surface area contributed by atoms with E-state index in [4.69, 9.17) is 11.6 Å². The third-order valence-corrected chi connectivity index (χ3v) is 5.01. The van der Waals surface area contributed by atoms with Crippen molar-refractivity contribution < 1.29 is 14.0 Å². The van der Waals surface area contributed by atoms with Crippen molar-refractivity contribution in [3.63, 3.8) is 0 Å². The maximum atomic E-state index is 12.9. The highest BCUT2D eigenvalue weighted by Crippen LogP contribution is 2.19. The van der Waals surface area contributed by atoms with Crippen molar-refractivity contribution in [3.8, 4) is 0 Å². The average Bonchev–Trinajstić information content (AvgIpc) is 3.02. The quantitative estimate of drug-likeness (QED) is 0.791. The molecule has 0 spiro atoms. The Morgan fingerprint density at radius 3 is 2.67 bits per heavy atom. The van der Waals surface area contributed by atoms with E-state index in [0.717, 1.165) is 11.1 Å². The van der Waals surface area contributed by atoms with E-state index in [-0.39, 0.29) is 30.0 Å². The number of benzene rings is 2. The van der Waals surface area contributed by atoms with Gasteiger partial charge in [0.05, 0.1) is 5.92 Å². The first kappa shape index (κ1) is 19.4. The summed E-state index contributed by atoms with van der Waals surface area (Å²) >= 11 is 5.95. The van der Waals surface area contributed by atoms with Crippen LogP contribution in [0.15, 0.2) is 48.5 Å². The molecule has 1 atom stereocenters. The molecule has 1 unspecified atom stereocenters. The van der Waals surface area contributed by atoms with Crippen molar-refractivity contribution >= 4 is 23.4 Å². The summed E-state index contributed by atoms with van der Waals surface area (Å²) in [6, 6.07) is 13.8. The molecule has 27 heavy (non-hydrogen) atoms. The fourth-order valence-corrected chi connectivity index (χ4v) is 3.46. The SMILES string of the molecule is O=C(NCCc1cccc(Cl)c1)C1CC(=O)N(CCc2ccc(F)cc2)C1. The van der Waals surface area contributed by atoms with Crippen LogP contribution in [0, 0.1) is 11.7 Å². The molecule has 0 radical (unpaired) electrons. The maximum Gasteiger partial charge on any atom is 0.225 e. The minimum Gasteiger partial charge on any atom is -0.355 e. The van der Waals surface area contributed by atoms with Crippen molar-refractivity contribution in [3.05, 3.63) is 70.5 Å². The van der Waals surface area contributed by atoms with E-state index < -0.39 is 0 Å². The van der Waals surface area contributed by atoms with Crippen molar-refractivity contribution in [1.29, 1.82) is 0 Å². The molecule has 2 amide bonds. The van der Waals surface area contributed by atoms with Crippen LogP contribution >= 0.6 is 11.6 Å². The van der Waals surface area contributed by atoms with Gasteiger partial charge >= 0.3 is 0 Å². The van der Waals surface area contributed by atoms with Crippen LogP contribution in [-0.4, -0.2) is 36.3 Å². The number of amides is 2. The average molecular weight is 389 g/mol. The zero-order valence-electron chi connectivity index (χ0n) is 15.0. The van der Waals surface area contributed by atoms with Crippen molar-refractivity contribution in [2.24, 2.45) is 5.92 Å². The largest absolute Gasteiger partial charge is 0.355 e. The molecular formula is C21H22ClFN2O2. The lowest BCUT2D eigenvalue weighted by molar-refractivity contribution is -0.129. The number of carbonyl (C=O) groups excluding carboxylic acids is 2. The molecule has 3 rings (SSSR count). The number of halogens is 2. The van der Waals surface area contributed by atoms with E-state index in [1.807, 2.05) is 24.3 Å². The van der Waals surface area contributed by atoms with Crippen molar-refractivity contribution in [2.45, 2.75) is 19.3 Å². The normalized spacial score (nSPS) is 16.6. The highest BCUT2D eigenvalue weighted by Gasteiger charge is 2.33. The third kappa shape index (κ3) is 5.54. The van der Waals surface area contributed by atoms with Gasteiger partial charge in [-0.2, -0.15) is 0 Å². The first-order valence-corrected chi connectivity index (χ1v) is 9.43. The molecule has 1 saturated heterocycles. The van der Waals surface area contributed by atoms with Gasteiger partial charge in [-0.25, -0.2) is 4.39 Å². The van der Waals surface area contributed by atoms with Gasteiger partial charge in [-0.15, -0.1) is 0 Å². The molecule has 0 bridgehead atoms. The van der Waals surface area contributed by atoms with Crippen LogP contribution in [0.5, 0.6) is 0 Å². The number of hydrogen-bond acceptors (Lipinski definition) is 2. The maximum absolute atomic E-state index is 12.9. The minimum atomic E-state index is -0.315. The lowest BCUT2D eigenvalue weighted by atomic mass is 10.1. The molecule has 1 aliphatic heterocycles. The second-order valence-electron chi connectivity index (χ2n) is 6.79. The van der Waals surface area contributed by atoms with Crippen LogP contribution < -0.4 is 5.32 Å². The smallest absolute Gasteiger partial charge is 0.225 e. The number of nitrogens with zero attached hydrogens (tertiary/aromatic N) is 1. The molecule has 1 fully saturated rings. The Balaban J connectivity index is 1.43. The predicted octanol–water partition coefficient (Wildman–Crippen LogP) is 3.23. The Labute approximate surface area is 163 Å². The molecule has 0 aliphatic carbocycles. The van der Waals surface area contributed by atoms with Gasteiger partial charge in [0.2, 0.25) is 11.8 Å². The van der Waals surface area contributed by atoms with Crippen LogP contribution in [0.4, 0.5) is 4.39 Å². The fourth-order valence-electron chi connectivity index (χ4n) is 3.25. The highest BCUT2D eigenvalue weighted by molar-refractivity contribution is 6.30. The lowest BCUT2D eigenvalue weighted by Crippen LogP contribution is -2.34. The summed E-state index contributed by atoms with van der Waals surface area (Å²) in [4.78, 5) is 26.2. The molecule has 1 N–H and O–H groups in total. The van der Waals surface area contributed by atoms with Gasteiger partial charge in [-0.3, -0.25) is 9.59 Å². The van der Waals surface area contributed by atoms with E-state index in [0.29, 0.717) is 37.5 Å². The van der Waals surface area contributed by atoms with Crippen LogP contribution in [0.2, 0.25) is 5.02 Å². The Bertz CT molecular complexity index is 810. The molecule has 0 aromatic heterocycles. The number of carbonyl (C=O) groups is 2. The molecule has 2 aromatic rings. The molecule has 0 saturated carbocycles. The summed E-state index contributed by atoms with van der Waals surface area (Å²) in [5, 5.41) is 3.59. The first-order valence-electron chi connectivity index (χ1n) is 9.05. The number of likely N-dealkylation sites (tertiary alicyclic amines) is 1. The monoisotopic (exact) mass is 388 g/mol. The van der Waals surface area contributed by atoms with Crippen LogP contribution in [0.3, 0.4) is 0 Å². The zero-order chi connectivity index (χ0) is 19.2. The highest BCUT2D eigenvalue weighted by atomic mass is 35.5. The Morgan fingerprint density at radius 1 is 1.15 bits per heavy atom. The van der Waals surface area contributed by atoms with E-state index in [1.54, 1.807) is 17.0 Å². The predicted molar refractivity (Wildman–Crippen MR) is 103 cm³/mol. The summed E-state index contributed by atoms with van der Waals surface area (Å²) in [5.41, 5.74) is 2.03. The van der Waals surface area contributed by atoms with E-state index in [1.165, 1.54) is 12.1 Å². The first-order chi connectivity index (χ1) is 13.0. The topological polar surface area (TPSA) is 49.4 Å². The molecule has 1 heterocycles. The second-order valence-corrected chi connectivity index (χ2v) is 7.22. The van der Waals surface area contributed by atoms with Gasteiger partial charge in [0.1, 0.15) is 5.82 Å². The van der Waals surface area contributed by atoms with Gasteiger partial charge in [-0.1, -0.05) is 35.9 Å². The summed E-state index contributed by atoms with van der Waals surface area (Å²) in [5.74, 6) is -0.683. The summed E-state index contributed by atoms with van der Waals surface area (Å²) in [6.45, 7) is 1.49. The lowest BCUT2D eigenvalue weighted by Gasteiger charge is -2.16. The molecular weight excluding hydrogens is 367 g/mol. The van der Waals surface area contributed by atoms with Crippen LogP contribution in [0.25, 0.3) is 0 Å². The molecule has 2 aromatic carbocycles. The minimum absolute atomic E-state index is 0.00731. The van der Waals surface area contributed by atoms with Gasteiger partial charge < -0.3 is 10.2 Å². The molecule has 142 valence electrons. The number of hydrogen-bond donors (Lipinski definition) is 1. The number of rotatable bonds is 7. The Kier molecular flexibility index (Phi) is 6.45. The van der Waals surface area contributed by atoms with Gasteiger partial charge in [0.25, 0.3) is 0 Å². The van der Waals surface area contributed by atoms with Gasteiger partial charge in [0, 0.05) is 31.1 Å². The van der Waals surface area contributed by atoms with Crippen LogP contribution in [0.1, 0.15) is 17.5 Å². The zero-order valence-corrected chi connectivity index (χ0v) is 15.7. The van der Waals surface area contributed by atoms with Crippen LogP contribution in [-0.2, 0) is 22.4 Å². The standard InChI is InChI=1S/C21H22ClFN2O2/c22-18-3-1-2-16(12-18)8-10-24-21(27)17-13-20(26)25(14-17)11-9-15-4-6-19(23)7-5-15/h1-7,12,17H,8-11,13-14H2,(H,24,27). The molecule has 1 aliphatic rings. The third-order valence-electron chi connectivity index (χ3n) is 4.77. The Hall–Kier alpha value is -2.40. The second kappa shape index (κ2) is 9.00. The van der Waals surface area contributed by atoms with Crippen molar-refractivity contribution in [2.75, 3.05) is 19.6 Å². The molecule has 4 nitrogen and oxygen atoms in total. The molecule has 6 heteroatoms. The Morgan fingerprint density at radius 2 is 1.93 bits per heavy atom. The number of nitrogens with one attached hydrogen (secondary N) is 1. The summed E-state index contributed by atoms with van der Waals surface area (Å²) in [7, 11) is 0. The summed E-state index contributed by atoms with van der Waals surface area (Å²) < 4.78 is 12.9.